The van der Waals surface area contributed by atoms with Crippen LogP contribution in [-0.2, 0) is 0 Å². The van der Waals surface area contributed by atoms with E-state index in [1.165, 1.54) is 0 Å². The Kier molecular flexibility index (Phi) is 1.96. The molecule has 0 bridgehead atoms. The summed E-state index contributed by atoms with van der Waals surface area (Å²) in [5, 5.41) is 3.10. The average molecular weight is 174 g/mol. The van der Waals surface area contributed by atoms with E-state index >= 15 is 0 Å². The van der Waals surface area contributed by atoms with Crippen LogP contribution >= 0.6 is 0 Å². The third kappa shape index (κ3) is 1.84. The molecule has 0 aliphatic rings. The molecule has 66 valence electrons. The highest BCUT2D eigenvalue weighted by molar-refractivity contribution is 5.52. The van der Waals surface area contributed by atoms with Crippen LogP contribution in [0, 0.1) is 6.92 Å². The van der Waals surface area contributed by atoms with Gasteiger partial charge in [-0.25, -0.2) is 4.98 Å². The van der Waals surface area contributed by atoms with E-state index in [9.17, 15) is 0 Å². The topological polar surface area (TPSA) is 53.6 Å². The van der Waals surface area contributed by atoms with Gasteiger partial charge in [0.15, 0.2) is 0 Å². The smallest absolute Gasteiger partial charge is 0.204 e. The lowest BCUT2D eigenvalue weighted by molar-refractivity contribution is 1.23. The summed E-state index contributed by atoms with van der Waals surface area (Å²) < 4.78 is 0. The minimum absolute atomic E-state index is 0.729. The second kappa shape index (κ2) is 3.26. The normalized spacial score (nSPS) is 9.92. The van der Waals surface area contributed by atoms with Crippen LogP contribution in [0.5, 0.6) is 0 Å². The molecular weight excluding hydrogens is 164 g/mol. The first-order valence-electron chi connectivity index (χ1n) is 4.02. The molecule has 2 aromatic rings. The Morgan fingerprint density at radius 2 is 2.31 bits per heavy atom. The Hall–Kier alpha value is -1.84. The molecule has 13 heavy (non-hydrogen) atoms. The van der Waals surface area contributed by atoms with Crippen molar-refractivity contribution in [2.75, 3.05) is 5.32 Å². The van der Waals surface area contributed by atoms with Crippen molar-refractivity contribution >= 4 is 11.6 Å². The van der Waals surface area contributed by atoms with Gasteiger partial charge in [-0.3, -0.25) is 4.98 Å². The van der Waals surface area contributed by atoms with Gasteiger partial charge in [0.05, 0.1) is 11.9 Å². The maximum absolute atomic E-state index is 4.06. The lowest BCUT2D eigenvalue weighted by Gasteiger charge is -2.01. The van der Waals surface area contributed by atoms with E-state index in [4.69, 9.17) is 0 Å². The molecule has 0 fully saturated rings. The van der Waals surface area contributed by atoms with E-state index in [2.05, 4.69) is 20.3 Å². The van der Waals surface area contributed by atoms with E-state index < -0.39 is 0 Å². The fourth-order valence-corrected chi connectivity index (χ4v) is 1.09. The highest BCUT2D eigenvalue weighted by atomic mass is 15.1. The van der Waals surface area contributed by atoms with Gasteiger partial charge in [-0.1, -0.05) is 0 Å². The molecule has 0 aliphatic carbocycles. The third-order valence-corrected chi connectivity index (χ3v) is 1.64. The molecule has 2 heterocycles. The zero-order valence-corrected chi connectivity index (χ0v) is 7.28. The maximum atomic E-state index is 4.06. The number of nitrogens with zero attached hydrogens (tertiary/aromatic N) is 2. The summed E-state index contributed by atoms with van der Waals surface area (Å²) in [6.45, 7) is 2.00. The third-order valence-electron chi connectivity index (χ3n) is 1.64. The van der Waals surface area contributed by atoms with Gasteiger partial charge in [0.25, 0.3) is 0 Å². The molecule has 0 spiro atoms. The molecule has 2 aromatic heterocycles. The summed E-state index contributed by atoms with van der Waals surface area (Å²) >= 11 is 0. The standard InChI is InChI=1S/C9H10N4/c1-7-4-8(6-10-5-7)13-9-11-2-3-12-9/h2-6H,1H3,(H2,11,12,13). The maximum Gasteiger partial charge on any atom is 0.204 e. The lowest BCUT2D eigenvalue weighted by atomic mass is 10.3. The first kappa shape index (κ1) is 7.79. The van der Waals surface area contributed by atoms with E-state index in [-0.39, 0.29) is 0 Å². The Morgan fingerprint density at radius 3 is 3.00 bits per heavy atom. The summed E-state index contributed by atoms with van der Waals surface area (Å²) in [4.78, 5) is 11.1. The molecule has 0 saturated carbocycles. The summed E-state index contributed by atoms with van der Waals surface area (Å²) in [6.07, 6.45) is 7.04. The van der Waals surface area contributed by atoms with Crippen LogP contribution in [0.25, 0.3) is 0 Å². The van der Waals surface area contributed by atoms with Crippen LogP contribution < -0.4 is 5.32 Å². The zero-order valence-electron chi connectivity index (χ0n) is 7.28. The van der Waals surface area contributed by atoms with Crippen LogP contribution in [0.2, 0.25) is 0 Å². The number of rotatable bonds is 2. The van der Waals surface area contributed by atoms with Crippen LogP contribution in [0.3, 0.4) is 0 Å². The molecule has 2 rings (SSSR count). The van der Waals surface area contributed by atoms with Crippen LogP contribution in [0.4, 0.5) is 11.6 Å². The van der Waals surface area contributed by atoms with Crippen LogP contribution in [-0.4, -0.2) is 15.0 Å². The minimum Gasteiger partial charge on any atom is -0.331 e. The summed E-state index contributed by atoms with van der Waals surface area (Å²) in [7, 11) is 0. The summed E-state index contributed by atoms with van der Waals surface area (Å²) in [5.41, 5.74) is 2.06. The van der Waals surface area contributed by atoms with E-state index in [0.717, 1.165) is 17.2 Å². The van der Waals surface area contributed by atoms with Gasteiger partial charge in [0.2, 0.25) is 5.95 Å². The molecule has 2 N–H and O–H groups in total. The van der Waals surface area contributed by atoms with Gasteiger partial charge >= 0.3 is 0 Å². The molecule has 0 radical (unpaired) electrons. The number of imidazole rings is 1. The second-order valence-corrected chi connectivity index (χ2v) is 2.81. The minimum atomic E-state index is 0.729. The summed E-state index contributed by atoms with van der Waals surface area (Å²) in [6, 6.07) is 2.01. The van der Waals surface area contributed by atoms with Crippen molar-refractivity contribution in [2.24, 2.45) is 0 Å². The van der Waals surface area contributed by atoms with Crippen molar-refractivity contribution in [1.82, 2.24) is 15.0 Å². The molecule has 0 saturated heterocycles. The summed E-state index contributed by atoms with van der Waals surface area (Å²) in [5.74, 6) is 0.729. The number of nitrogens with one attached hydrogen (secondary N) is 2. The Bertz CT molecular complexity index is 380. The van der Waals surface area contributed by atoms with Gasteiger partial charge in [-0.2, -0.15) is 0 Å². The van der Waals surface area contributed by atoms with E-state index in [1.54, 1.807) is 18.6 Å². The SMILES string of the molecule is Cc1cncc(Nc2ncc[nH]2)c1. The monoisotopic (exact) mass is 174 g/mol. The zero-order chi connectivity index (χ0) is 9.10. The van der Waals surface area contributed by atoms with Crippen molar-refractivity contribution in [3.05, 3.63) is 36.4 Å². The largest absolute Gasteiger partial charge is 0.331 e. The molecule has 0 aliphatic heterocycles. The molecule has 4 nitrogen and oxygen atoms in total. The predicted molar refractivity (Wildman–Crippen MR) is 50.8 cm³/mol. The molecule has 0 unspecified atom stereocenters. The second-order valence-electron chi connectivity index (χ2n) is 2.81. The molecule has 4 heteroatoms. The molecule has 0 atom stereocenters. The van der Waals surface area contributed by atoms with Crippen molar-refractivity contribution in [3.63, 3.8) is 0 Å². The number of anilines is 2. The highest BCUT2D eigenvalue weighted by Gasteiger charge is 1.95. The number of aromatic nitrogens is 3. The number of aromatic amines is 1. The fraction of sp³-hybridized carbons (Fsp3) is 0.111. The van der Waals surface area contributed by atoms with Crippen molar-refractivity contribution in [1.29, 1.82) is 0 Å². The Morgan fingerprint density at radius 1 is 1.38 bits per heavy atom. The number of hydrogen-bond acceptors (Lipinski definition) is 3. The first-order valence-corrected chi connectivity index (χ1v) is 4.02. The number of pyridine rings is 1. The molecule has 0 aromatic carbocycles. The van der Waals surface area contributed by atoms with Gasteiger partial charge < -0.3 is 10.3 Å². The number of aryl methyl sites for hydroxylation is 1. The Labute approximate surface area is 76.1 Å². The first-order chi connectivity index (χ1) is 6.34. The van der Waals surface area contributed by atoms with Gasteiger partial charge in [-0.15, -0.1) is 0 Å². The van der Waals surface area contributed by atoms with Gasteiger partial charge in [0.1, 0.15) is 0 Å². The fourth-order valence-electron chi connectivity index (χ4n) is 1.09. The van der Waals surface area contributed by atoms with Crippen LogP contribution in [0.1, 0.15) is 5.56 Å². The van der Waals surface area contributed by atoms with Gasteiger partial charge in [-0.05, 0) is 18.6 Å². The van der Waals surface area contributed by atoms with Crippen LogP contribution in [0.15, 0.2) is 30.9 Å². The quantitative estimate of drug-likeness (QED) is 0.730. The molecular formula is C9H10N4. The highest BCUT2D eigenvalue weighted by Crippen LogP contribution is 2.11. The number of H-pyrrole nitrogens is 1. The van der Waals surface area contributed by atoms with E-state index in [1.807, 2.05) is 19.2 Å². The van der Waals surface area contributed by atoms with Gasteiger partial charge in [0, 0.05) is 18.6 Å². The lowest BCUT2D eigenvalue weighted by Crippen LogP contribution is -1.93. The van der Waals surface area contributed by atoms with E-state index in [0.29, 0.717) is 0 Å². The van der Waals surface area contributed by atoms with Crippen molar-refractivity contribution in [3.8, 4) is 0 Å². The molecule has 0 amide bonds. The predicted octanol–water partition coefficient (Wildman–Crippen LogP) is 1.86. The Balaban J connectivity index is 2.19. The number of hydrogen-bond donors (Lipinski definition) is 2. The van der Waals surface area contributed by atoms with Crippen molar-refractivity contribution < 1.29 is 0 Å². The van der Waals surface area contributed by atoms with Crippen molar-refractivity contribution in [2.45, 2.75) is 6.92 Å². The average Bonchev–Trinajstić information content (AvgIpc) is 2.57.